The van der Waals surface area contributed by atoms with Gasteiger partial charge in [-0.2, -0.15) is 5.10 Å². The molecular weight excluding hydrogens is 274 g/mol. The number of halogens is 1. The molecule has 0 saturated carbocycles. The standard InChI is InChI=1S/C15H18ClN3O/c16-13-3-1-2-4-15(13)20-8-6-12-9-14(19-18-12)11-5-7-17-10-11/h1-4,9,11,17H,5-8,10H2,(H,18,19)/t11-/m0/s1. The topological polar surface area (TPSA) is 49.9 Å². The minimum absolute atomic E-state index is 0.546. The molecule has 1 atom stereocenters. The minimum atomic E-state index is 0.546. The van der Waals surface area contributed by atoms with E-state index < -0.39 is 0 Å². The molecule has 1 aromatic carbocycles. The first-order valence-corrected chi connectivity index (χ1v) is 7.33. The molecule has 3 rings (SSSR count). The van der Waals surface area contributed by atoms with Crippen LogP contribution < -0.4 is 10.1 Å². The first-order valence-electron chi connectivity index (χ1n) is 6.95. The maximum Gasteiger partial charge on any atom is 0.137 e. The molecular formula is C15H18ClN3O. The number of ether oxygens (including phenoxy) is 1. The van der Waals surface area contributed by atoms with Crippen molar-refractivity contribution >= 4 is 11.6 Å². The molecule has 1 saturated heterocycles. The summed E-state index contributed by atoms with van der Waals surface area (Å²) in [4.78, 5) is 0. The Morgan fingerprint density at radius 1 is 1.35 bits per heavy atom. The third-order valence-corrected chi connectivity index (χ3v) is 3.91. The summed E-state index contributed by atoms with van der Waals surface area (Å²) < 4.78 is 5.68. The van der Waals surface area contributed by atoms with Crippen molar-refractivity contribution in [1.29, 1.82) is 0 Å². The summed E-state index contributed by atoms with van der Waals surface area (Å²) in [5, 5.41) is 11.5. The lowest BCUT2D eigenvalue weighted by Crippen LogP contribution is -2.08. The SMILES string of the molecule is Clc1ccccc1OCCc1cc([C@H]2CCNC2)n[nH]1. The Bertz CT molecular complexity index is 564. The molecule has 1 aromatic heterocycles. The maximum absolute atomic E-state index is 6.04. The second kappa shape index (κ2) is 6.29. The molecule has 0 unspecified atom stereocenters. The van der Waals surface area contributed by atoms with Gasteiger partial charge in [-0.1, -0.05) is 23.7 Å². The predicted molar refractivity (Wildman–Crippen MR) is 79.5 cm³/mol. The van der Waals surface area contributed by atoms with Gasteiger partial charge in [0.05, 0.1) is 17.3 Å². The molecule has 1 fully saturated rings. The third-order valence-electron chi connectivity index (χ3n) is 3.59. The van der Waals surface area contributed by atoms with E-state index in [-0.39, 0.29) is 0 Å². The van der Waals surface area contributed by atoms with Gasteiger partial charge >= 0.3 is 0 Å². The fourth-order valence-corrected chi connectivity index (χ4v) is 2.65. The van der Waals surface area contributed by atoms with Gasteiger partial charge in [0.25, 0.3) is 0 Å². The summed E-state index contributed by atoms with van der Waals surface area (Å²) in [6, 6.07) is 9.67. The molecule has 5 heteroatoms. The molecule has 2 heterocycles. The van der Waals surface area contributed by atoms with Crippen molar-refractivity contribution in [2.24, 2.45) is 0 Å². The molecule has 2 N–H and O–H groups in total. The number of hydrogen-bond acceptors (Lipinski definition) is 3. The summed E-state index contributed by atoms with van der Waals surface area (Å²) in [6.07, 6.45) is 1.97. The molecule has 1 aliphatic rings. The number of aromatic nitrogens is 2. The van der Waals surface area contributed by atoms with Gasteiger partial charge in [0.15, 0.2) is 0 Å². The van der Waals surface area contributed by atoms with Gasteiger partial charge in [-0.25, -0.2) is 0 Å². The fourth-order valence-electron chi connectivity index (χ4n) is 2.46. The predicted octanol–water partition coefficient (Wildman–Crippen LogP) is 2.76. The van der Waals surface area contributed by atoms with Crippen molar-refractivity contribution in [2.45, 2.75) is 18.8 Å². The van der Waals surface area contributed by atoms with E-state index in [0.717, 1.165) is 36.6 Å². The average molecular weight is 292 g/mol. The molecule has 0 amide bonds. The van der Waals surface area contributed by atoms with Crippen LogP contribution in [0.5, 0.6) is 5.75 Å². The van der Waals surface area contributed by atoms with Crippen LogP contribution in [-0.2, 0) is 6.42 Å². The van der Waals surface area contributed by atoms with E-state index in [0.29, 0.717) is 17.5 Å². The average Bonchev–Trinajstić information content (AvgIpc) is 3.11. The summed E-state index contributed by atoms with van der Waals surface area (Å²) in [5.41, 5.74) is 2.27. The van der Waals surface area contributed by atoms with Crippen LogP contribution in [0.2, 0.25) is 5.02 Å². The zero-order chi connectivity index (χ0) is 13.8. The van der Waals surface area contributed by atoms with Crippen molar-refractivity contribution < 1.29 is 4.74 Å². The minimum Gasteiger partial charge on any atom is -0.492 e. The van der Waals surface area contributed by atoms with Crippen molar-refractivity contribution in [3.63, 3.8) is 0 Å². The number of nitrogens with zero attached hydrogens (tertiary/aromatic N) is 1. The number of hydrogen-bond donors (Lipinski definition) is 2. The molecule has 0 aliphatic carbocycles. The highest BCUT2D eigenvalue weighted by Gasteiger charge is 2.19. The lowest BCUT2D eigenvalue weighted by molar-refractivity contribution is 0.320. The Labute approximate surface area is 123 Å². The van der Waals surface area contributed by atoms with Crippen molar-refractivity contribution in [3.05, 3.63) is 46.7 Å². The molecule has 1 aliphatic heterocycles. The molecule has 2 aromatic rings. The summed E-state index contributed by atoms with van der Waals surface area (Å²) in [5.74, 6) is 1.28. The van der Waals surface area contributed by atoms with E-state index in [9.17, 15) is 0 Å². The van der Waals surface area contributed by atoms with E-state index in [1.165, 1.54) is 6.42 Å². The van der Waals surface area contributed by atoms with Crippen LogP contribution in [0.4, 0.5) is 0 Å². The highest BCUT2D eigenvalue weighted by molar-refractivity contribution is 6.32. The van der Waals surface area contributed by atoms with Gasteiger partial charge in [0.1, 0.15) is 5.75 Å². The van der Waals surface area contributed by atoms with Crippen LogP contribution in [0.25, 0.3) is 0 Å². The van der Waals surface area contributed by atoms with Gasteiger partial charge in [-0.3, -0.25) is 5.10 Å². The largest absolute Gasteiger partial charge is 0.492 e. The fraction of sp³-hybridized carbons (Fsp3) is 0.400. The lowest BCUT2D eigenvalue weighted by Gasteiger charge is -2.06. The van der Waals surface area contributed by atoms with E-state index in [1.54, 1.807) is 0 Å². The summed E-state index contributed by atoms with van der Waals surface area (Å²) in [6.45, 7) is 2.71. The van der Waals surface area contributed by atoms with Crippen LogP contribution in [-0.4, -0.2) is 29.9 Å². The number of aromatic amines is 1. The number of benzene rings is 1. The quantitative estimate of drug-likeness (QED) is 0.890. The Hall–Kier alpha value is -1.52. The van der Waals surface area contributed by atoms with Crippen LogP contribution in [0.1, 0.15) is 23.7 Å². The zero-order valence-corrected chi connectivity index (χ0v) is 12.0. The van der Waals surface area contributed by atoms with Gasteiger partial charge < -0.3 is 10.1 Å². The molecule has 20 heavy (non-hydrogen) atoms. The van der Waals surface area contributed by atoms with E-state index >= 15 is 0 Å². The maximum atomic E-state index is 6.04. The first kappa shape index (κ1) is 13.5. The third kappa shape index (κ3) is 3.14. The van der Waals surface area contributed by atoms with Gasteiger partial charge in [0, 0.05) is 24.6 Å². The summed E-state index contributed by atoms with van der Waals surface area (Å²) in [7, 11) is 0. The van der Waals surface area contributed by atoms with Crippen molar-refractivity contribution in [1.82, 2.24) is 15.5 Å². The molecule has 4 nitrogen and oxygen atoms in total. The van der Waals surface area contributed by atoms with Crippen LogP contribution >= 0.6 is 11.6 Å². The van der Waals surface area contributed by atoms with Crippen LogP contribution in [0, 0.1) is 0 Å². The number of H-pyrrole nitrogens is 1. The lowest BCUT2D eigenvalue weighted by atomic mass is 10.0. The van der Waals surface area contributed by atoms with Gasteiger partial charge in [-0.05, 0) is 31.2 Å². The monoisotopic (exact) mass is 291 g/mol. The zero-order valence-electron chi connectivity index (χ0n) is 11.2. The normalized spacial score (nSPS) is 18.4. The highest BCUT2D eigenvalue weighted by atomic mass is 35.5. The van der Waals surface area contributed by atoms with Gasteiger partial charge in [0.2, 0.25) is 0 Å². The van der Waals surface area contributed by atoms with Crippen molar-refractivity contribution in [2.75, 3.05) is 19.7 Å². The number of rotatable bonds is 5. The first-order chi connectivity index (χ1) is 9.83. The van der Waals surface area contributed by atoms with Crippen LogP contribution in [0.3, 0.4) is 0 Å². The Kier molecular flexibility index (Phi) is 4.23. The van der Waals surface area contributed by atoms with E-state index in [2.05, 4.69) is 21.6 Å². The molecule has 0 spiro atoms. The Morgan fingerprint density at radius 3 is 3.05 bits per heavy atom. The molecule has 106 valence electrons. The Morgan fingerprint density at radius 2 is 2.25 bits per heavy atom. The van der Waals surface area contributed by atoms with Crippen molar-refractivity contribution in [3.8, 4) is 5.75 Å². The second-order valence-electron chi connectivity index (χ2n) is 5.04. The van der Waals surface area contributed by atoms with E-state index in [4.69, 9.17) is 16.3 Å². The second-order valence-corrected chi connectivity index (χ2v) is 5.44. The molecule has 0 radical (unpaired) electrons. The van der Waals surface area contributed by atoms with Gasteiger partial charge in [-0.15, -0.1) is 0 Å². The smallest absolute Gasteiger partial charge is 0.137 e. The number of para-hydroxylation sites is 1. The Balaban J connectivity index is 1.52. The highest BCUT2D eigenvalue weighted by Crippen LogP contribution is 2.24. The number of nitrogens with one attached hydrogen (secondary N) is 2. The molecule has 0 bridgehead atoms. The summed E-state index contributed by atoms with van der Waals surface area (Å²) >= 11 is 6.04. The van der Waals surface area contributed by atoms with E-state index in [1.807, 2.05) is 24.3 Å². The van der Waals surface area contributed by atoms with Crippen LogP contribution in [0.15, 0.2) is 30.3 Å².